The van der Waals surface area contributed by atoms with Gasteiger partial charge in [-0.2, -0.15) is 13.2 Å². The van der Waals surface area contributed by atoms with Crippen molar-refractivity contribution in [3.05, 3.63) is 12.2 Å². The van der Waals surface area contributed by atoms with Crippen molar-refractivity contribution < 1.29 is 37.0 Å². The molecule has 0 saturated carbocycles. The van der Waals surface area contributed by atoms with Crippen LogP contribution in [0.3, 0.4) is 0 Å². The number of esters is 2. The second-order valence-corrected chi connectivity index (χ2v) is 3.59. The van der Waals surface area contributed by atoms with Gasteiger partial charge in [0.2, 0.25) is 6.10 Å². The van der Waals surface area contributed by atoms with Crippen molar-refractivity contribution in [3.8, 4) is 0 Å². The second kappa shape index (κ2) is 5.72. The lowest BCUT2D eigenvalue weighted by Crippen LogP contribution is -2.37. The first-order chi connectivity index (χ1) is 8.71. The van der Waals surface area contributed by atoms with Gasteiger partial charge in [-0.25, -0.2) is 4.79 Å². The van der Waals surface area contributed by atoms with Gasteiger partial charge in [0.05, 0.1) is 6.61 Å². The van der Waals surface area contributed by atoms with Gasteiger partial charge in [0.1, 0.15) is 12.1 Å². The van der Waals surface area contributed by atoms with E-state index in [1.807, 2.05) is 0 Å². The fourth-order valence-electron chi connectivity index (χ4n) is 1.17. The van der Waals surface area contributed by atoms with Gasteiger partial charge in [-0.3, -0.25) is 9.59 Å². The lowest BCUT2D eigenvalue weighted by atomic mass is 10.3. The van der Waals surface area contributed by atoms with Crippen LogP contribution in [0.2, 0.25) is 0 Å². The molecule has 9 heteroatoms. The number of amides is 1. The normalized spacial score (nSPS) is 18.7. The van der Waals surface area contributed by atoms with Gasteiger partial charge in [-0.15, -0.1) is 0 Å². The van der Waals surface area contributed by atoms with Gasteiger partial charge in [-0.05, 0) is 0 Å². The van der Waals surface area contributed by atoms with Crippen molar-refractivity contribution in [3.63, 3.8) is 0 Å². The molecule has 106 valence electrons. The summed E-state index contributed by atoms with van der Waals surface area (Å²) >= 11 is 0. The third-order valence-corrected chi connectivity index (χ3v) is 2.17. The first-order valence-corrected chi connectivity index (χ1v) is 5.12. The van der Waals surface area contributed by atoms with Crippen LogP contribution in [0.1, 0.15) is 6.42 Å². The number of carbonyl (C=O) groups is 3. The number of nitrogens with one attached hydrogen (secondary N) is 1. The average Bonchev–Trinajstić information content (AvgIpc) is 2.70. The van der Waals surface area contributed by atoms with E-state index in [2.05, 4.69) is 16.1 Å². The van der Waals surface area contributed by atoms with Gasteiger partial charge in [0.15, 0.2) is 0 Å². The zero-order valence-electron chi connectivity index (χ0n) is 9.58. The van der Waals surface area contributed by atoms with Gasteiger partial charge in [0, 0.05) is 6.42 Å². The maximum absolute atomic E-state index is 12.1. The summed E-state index contributed by atoms with van der Waals surface area (Å²) < 4.78 is 45.3. The SMILES string of the molecule is C=C(C(=O)NCC(=O)OC1CCOC1=O)C(F)(F)F. The van der Waals surface area contributed by atoms with Crippen molar-refractivity contribution in [1.29, 1.82) is 0 Å². The highest BCUT2D eigenvalue weighted by atomic mass is 19.4. The Kier molecular flexibility index (Phi) is 4.52. The molecule has 1 fully saturated rings. The Labute approximate surface area is 105 Å². The molecule has 0 aromatic rings. The van der Waals surface area contributed by atoms with Gasteiger partial charge >= 0.3 is 18.1 Å². The van der Waals surface area contributed by atoms with Crippen LogP contribution in [0.5, 0.6) is 0 Å². The standard InChI is InChI=1S/C10H10F3NO5/c1-5(10(11,12)13)8(16)14-4-7(15)19-6-2-3-18-9(6)17/h6H,1-4H2,(H,14,16). The van der Waals surface area contributed by atoms with E-state index in [1.54, 1.807) is 5.32 Å². The molecule has 0 spiro atoms. The predicted octanol–water partition coefficient (Wildman–Crippen LogP) is 0.0798. The van der Waals surface area contributed by atoms with Crippen LogP contribution in [0.25, 0.3) is 0 Å². The number of rotatable bonds is 4. The van der Waals surface area contributed by atoms with Crippen LogP contribution in [0.15, 0.2) is 12.2 Å². The number of carbonyl (C=O) groups excluding carboxylic acids is 3. The first kappa shape index (κ1) is 15.0. The van der Waals surface area contributed by atoms with E-state index >= 15 is 0 Å². The number of ether oxygens (including phenoxy) is 2. The van der Waals surface area contributed by atoms with Crippen molar-refractivity contribution in [2.75, 3.05) is 13.2 Å². The summed E-state index contributed by atoms with van der Waals surface area (Å²) in [6, 6.07) is 0. The molecule has 1 atom stereocenters. The lowest BCUT2D eigenvalue weighted by Gasteiger charge is -2.11. The Balaban J connectivity index is 2.36. The Bertz CT molecular complexity index is 418. The quantitative estimate of drug-likeness (QED) is 0.583. The van der Waals surface area contributed by atoms with E-state index in [-0.39, 0.29) is 13.0 Å². The second-order valence-electron chi connectivity index (χ2n) is 3.59. The van der Waals surface area contributed by atoms with Crippen molar-refractivity contribution >= 4 is 17.8 Å². The van der Waals surface area contributed by atoms with Gasteiger partial charge in [-0.1, -0.05) is 6.58 Å². The minimum absolute atomic E-state index is 0.105. The molecule has 19 heavy (non-hydrogen) atoms. The minimum atomic E-state index is -4.87. The van der Waals surface area contributed by atoms with Crippen molar-refractivity contribution in [1.82, 2.24) is 5.32 Å². The van der Waals surface area contributed by atoms with Crippen LogP contribution in [-0.4, -0.2) is 43.3 Å². The number of hydrogen-bond donors (Lipinski definition) is 1. The van der Waals surface area contributed by atoms with Gasteiger partial charge < -0.3 is 14.8 Å². The summed E-state index contributed by atoms with van der Waals surface area (Å²) in [6.45, 7) is 1.87. The number of halogens is 3. The maximum atomic E-state index is 12.1. The summed E-state index contributed by atoms with van der Waals surface area (Å²) in [5.74, 6) is -3.29. The van der Waals surface area contributed by atoms with Crippen LogP contribution >= 0.6 is 0 Å². The molecular weight excluding hydrogens is 271 g/mol. The van der Waals surface area contributed by atoms with Crippen LogP contribution in [0, 0.1) is 0 Å². The van der Waals surface area contributed by atoms with E-state index < -0.39 is 42.2 Å². The topological polar surface area (TPSA) is 81.7 Å². The Morgan fingerprint density at radius 3 is 2.58 bits per heavy atom. The molecule has 1 amide bonds. The predicted molar refractivity (Wildman–Crippen MR) is 53.7 cm³/mol. The largest absolute Gasteiger partial charge is 0.463 e. The van der Waals surface area contributed by atoms with Crippen LogP contribution in [-0.2, 0) is 23.9 Å². The molecule has 0 aliphatic carbocycles. The highest BCUT2D eigenvalue weighted by molar-refractivity contribution is 5.95. The first-order valence-electron chi connectivity index (χ1n) is 5.12. The molecule has 0 aromatic heterocycles. The monoisotopic (exact) mass is 281 g/mol. The zero-order valence-corrected chi connectivity index (χ0v) is 9.58. The molecule has 1 saturated heterocycles. The van der Waals surface area contributed by atoms with E-state index in [4.69, 9.17) is 0 Å². The highest BCUT2D eigenvalue weighted by Crippen LogP contribution is 2.23. The van der Waals surface area contributed by atoms with Crippen molar-refractivity contribution in [2.24, 2.45) is 0 Å². The Hall–Kier alpha value is -2.06. The van der Waals surface area contributed by atoms with E-state index in [0.717, 1.165) is 0 Å². The summed E-state index contributed by atoms with van der Waals surface area (Å²) in [7, 11) is 0. The maximum Gasteiger partial charge on any atom is 0.421 e. The molecule has 6 nitrogen and oxygen atoms in total. The van der Waals surface area contributed by atoms with E-state index in [9.17, 15) is 27.6 Å². The Morgan fingerprint density at radius 2 is 2.11 bits per heavy atom. The summed E-state index contributed by atoms with van der Waals surface area (Å²) in [6.07, 6.45) is -5.77. The molecular formula is C10H10F3NO5. The fourth-order valence-corrected chi connectivity index (χ4v) is 1.17. The smallest absolute Gasteiger partial charge is 0.421 e. The highest BCUT2D eigenvalue weighted by Gasteiger charge is 2.37. The van der Waals surface area contributed by atoms with Crippen LogP contribution in [0.4, 0.5) is 13.2 Å². The fraction of sp³-hybridized carbons (Fsp3) is 0.500. The molecule has 1 unspecified atom stereocenters. The van der Waals surface area contributed by atoms with Gasteiger partial charge in [0.25, 0.3) is 5.91 Å². The molecule has 1 heterocycles. The van der Waals surface area contributed by atoms with E-state index in [0.29, 0.717) is 0 Å². The molecule has 1 rings (SSSR count). The van der Waals surface area contributed by atoms with Crippen molar-refractivity contribution in [2.45, 2.75) is 18.7 Å². The average molecular weight is 281 g/mol. The molecule has 0 aromatic carbocycles. The minimum Gasteiger partial charge on any atom is -0.463 e. The van der Waals surface area contributed by atoms with Crippen LogP contribution < -0.4 is 5.32 Å². The molecule has 1 N–H and O–H groups in total. The Morgan fingerprint density at radius 1 is 1.47 bits per heavy atom. The van der Waals surface area contributed by atoms with E-state index in [1.165, 1.54) is 0 Å². The summed E-state index contributed by atoms with van der Waals surface area (Å²) in [5.41, 5.74) is -1.62. The lowest BCUT2D eigenvalue weighted by molar-refractivity contribution is -0.159. The molecule has 1 aliphatic rings. The summed E-state index contributed by atoms with van der Waals surface area (Å²) in [5, 5.41) is 1.69. The molecule has 0 bridgehead atoms. The summed E-state index contributed by atoms with van der Waals surface area (Å²) in [4.78, 5) is 33.1. The molecule has 0 radical (unpaired) electrons. The number of cyclic esters (lactones) is 1. The third-order valence-electron chi connectivity index (χ3n) is 2.17. The molecule has 1 aliphatic heterocycles. The third kappa shape index (κ3) is 4.27. The number of alkyl halides is 3. The zero-order chi connectivity index (χ0) is 14.6. The number of hydrogen-bond acceptors (Lipinski definition) is 5.